The first-order valence-corrected chi connectivity index (χ1v) is 12.5. The number of hydrogen-bond donors (Lipinski definition) is 0. The number of nitrogens with zero attached hydrogens (tertiary/aromatic N) is 2. The molecule has 0 atom stereocenters. The van der Waals surface area contributed by atoms with Gasteiger partial charge < -0.3 is 13.9 Å². The van der Waals surface area contributed by atoms with E-state index in [0.29, 0.717) is 11.5 Å². The van der Waals surface area contributed by atoms with Gasteiger partial charge in [0.15, 0.2) is 5.78 Å². The molecule has 3 heterocycles. The van der Waals surface area contributed by atoms with E-state index in [2.05, 4.69) is 33.4 Å². The average Bonchev–Trinajstić information content (AvgIpc) is 3.38. The van der Waals surface area contributed by atoms with E-state index in [9.17, 15) is 9.59 Å². The normalized spacial score (nSPS) is 16.3. The van der Waals surface area contributed by atoms with Gasteiger partial charge in [-0.25, -0.2) is 4.79 Å². The lowest BCUT2D eigenvalue weighted by Crippen LogP contribution is -2.11. The molecule has 0 radical (unpaired) electrons. The first-order chi connectivity index (χ1) is 16.6. The lowest BCUT2D eigenvalue weighted by atomic mass is 9.81. The highest BCUT2D eigenvalue weighted by molar-refractivity contribution is 6.11. The van der Waals surface area contributed by atoms with E-state index in [-0.39, 0.29) is 11.8 Å². The molecule has 1 fully saturated rings. The fourth-order valence-electron chi connectivity index (χ4n) is 6.36. The van der Waals surface area contributed by atoms with Crippen molar-refractivity contribution in [2.24, 2.45) is 0 Å². The number of Topliss-reactive ketones (excluding diaryl/α,β-unsaturated/α-hetero) is 1. The number of rotatable bonds is 3. The Labute approximate surface area is 199 Å². The number of ether oxygens (including phenoxy) is 1. The van der Waals surface area contributed by atoms with Gasteiger partial charge in [-0.1, -0.05) is 43.5 Å². The number of aromatic nitrogens is 2. The van der Waals surface area contributed by atoms with Crippen LogP contribution in [-0.4, -0.2) is 28.0 Å². The summed E-state index contributed by atoms with van der Waals surface area (Å²) in [4.78, 5) is 24.8. The zero-order chi connectivity index (χ0) is 23.4. The van der Waals surface area contributed by atoms with Gasteiger partial charge in [0, 0.05) is 46.7 Å². The van der Waals surface area contributed by atoms with Crippen LogP contribution in [0.5, 0.6) is 0 Å². The second-order valence-corrected chi connectivity index (χ2v) is 9.82. The maximum absolute atomic E-state index is 12.5. The topological polar surface area (TPSA) is 53.2 Å². The molecule has 1 saturated carbocycles. The Balaban J connectivity index is 1.71. The number of benzene rings is 2. The molecule has 1 aliphatic heterocycles. The Morgan fingerprint density at radius 3 is 2.56 bits per heavy atom. The van der Waals surface area contributed by atoms with Crippen LogP contribution in [0.2, 0.25) is 0 Å². The predicted octanol–water partition coefficient (Wildman–Crippen LogP) is 6.70. The van der Waals surface area contributed by atoms with Crippen molar-refractivity contribution in [3.05, 3.63) is 59.3 Å². The van der Waals surface area contributed by atoms with Crippen LogP contribution in [0.1, 0.15) is 77.6 Å². The largest absolute Gasteiger partial charge is 0.465 e. The zero-order valence-corrected chi connectivity index (χ0v) is 19.9. The van der Waals surface area contributed by atoms with Gasteiger partial charge in [0.1, 0.15) is 0 Å². The van der Waals surface area contributed by atoms with E-state index >= 15 is 0 Å². The lowest BCUT2D eigenvalue weighted by molar-refractivity contribution is 0.0600. The third-order valence-corrected chi connectivity index (χ3v) is 7.85. The Morgan fingerprint density at radius 2 is 1.79 bits per heavy atom. The van der Waals surface area contributed by atoms with Crippen molar-refractivity contribution in [2.45, 2.75) is 64.5 Å². The Bertz CT molecular complexity index is 1450. The average molecular weight is 455 g/mol. The van der Waals surface area contributed by atoms with Crippen molar-refractivity contribution in [1.29, 1.82) is 0 Å². The molecule has 6 rings (SSSR count). The van der Waals surface area contributed by atoms with Gasteiger partial charge in [-0.15, -0.1) is 0 Å². The summed E-state index contributed by atoms with van der Waals surface area (Å²) in [5.74, 6) is 0.308. The van der Waals surface area contributed by atoms with Crippen LogP contribution in [-0.2, 0) is 17.8 Å². The predicted molar refractivity (Wildman–Crippen MR) is 135 cm³/mol. The Morgan fingerprint density at radius 1 is 0.971 bits per heavy atom. The summed E-state index contributed by atoms with van der Waals surface area (Å²) in [6.07, 6.45) is 9.21. The van der Waals surface area contributed by atoms with Gasteiger partial charge >= 0.3 is 5.97 Å². The molecule has 4 aromatic rings. The summed E-state index contributed by atoms with van der Waals surface area (Å²) >= 11 is 0. The monoisotopic (exact) mass is 454 g/mol. The molecule has 2 aliphatic rings. The van der Waals surface area contributed by atoms with E-state index in [1.807, 2.05) is 18.3 Å². The highest BCUT2D eigenvalue weighted by Crippen LogP contribution is 2.46. The minimum atomic E-state index is -0.301. The summed E-state index contributed by atoms with van der Waals surface area (Å²) in [6.45, 7) is 3.38. The number of ketones is 1. The molecule has 34 heavy (non-hydrogen) atoms. The zero-order valence-electron chi connectivity index (χ0n) is 19.9. The highest BCUT2D eigenvalue weighted by atomic mass is 16.5. The quantitative estimate of drug-likeness (QED) is 0.256. The van der Waals surface area contributed by atoms with Gasteiger partial charge in [0.2, 0.25) is 0 Å². The number of aryl methyl sites for hydroxylation is 2. The number of methoxy groups -OCH3 is 1. The molecule has 0 spiro atoms. The van der Waals surface area contributed by atoms with Gasteiger partial charge in [0.05, 0.1) is 23.9 Å². The van der Waals surface area contributed by atoms with E-state index in [1.165, 1.54) is 61.4 Å². The second kappa shape index (κ2) is 8.15. The molecular formula is C29H30N2O3. The van der Waals surface area contributed by atoms with Crippen molar-refractivity contribution in [3.8, 4) is 11.3 Å². The standard InChI is InChI=1S/C29H30N2O3/c1-18(32)24-17-30-14-7-15-31-25-16-20(29(33)34-2)12-13-22(25)26(19-8-4-3-5-9-19)28(31)23-11-6-10-21(24)27(23)30/h6,10-13,16-17,19H,3-5,7-9,14-15H2,1-2H3. The molecule has 1 aliphatic carbocycles. The molecule has 2 aromatic carbocycles. The molecule has 0 amide bonds. The van der Waals surface area contributed by atoms with Crippen molar-refractivity contribution < 1.29 is 14.3 Å². The van der Waals surface area contributed by atoms with Crippen LogP contribution in [0, 0.1) is 0 Å². The maximum atomic E-state index is 12.5. The molecule has 174 valence electrons. The second-order valence-electron chi connectivity index (χ2n) is 9.82. The van der Waals surface area contributed by atoms with Gasteiger partial charge in [0.25, 0.3) is 0 Å². The third kappa shape index (κ3) is 3.13. The van der Waals surface area contributed by atoms with E-state index in [0.717, 1.165) is 41.5 Å². The molecule has 0 unspecified atom stereocenters. The first-order valence-electron chi connectivity index (χ1n) is 12.5. The molecule has 0 bridgehead atoms. The number of para-hydroxylation sites is 1. The molecular weight excluding hydrogens is 424 g/mol. The summed E-state index contributed by atoms with van der Waals surface area (Å²) in [6, 6.07) is 12.4. The van der Waals surface area contributed by atoms with Crippen LogP contribution >= 0.6 is 0 Å². The minimum Gasteiger partial charge on any atom is -0.465 e. The lowest BCUT2D eigenvalue weighted by Gasteiger charge is -2.25. The summed E-state index contributed by atoms with van der Waals surface area (Å²) in [5.41, 5.74) is 7.54. The van der Waals surface area contributed by atoms with Crippen LogP contribution in [0.25, 0.3) is 33.1 Å². The molecule has 0 saturated heterocycles. The fraction of sp³-hybridized carbons (Fsp3) is 0.379. The maximum Gasteiger partial charge on any atom is 0.337 e. The van der Waals surface area contributed by atoms with Crippen molar-refractivity contribution in [1.82, 2.24) is 9.13 Å². The van der Waals surface area contributed by atoms with Crippen molar-refractivity contribution in [2.75, 3.05) is 7.11 Å². The summed E-state index contributed by atoms with van der Waals surface area (Å²) in [5, 5.41) is 2.28. The molecule has 0 N–H and O–H groups in total. The summed E-state index contributed by atoms with van der Waals surface area (Å²) < 4.78 is 9.75. The number of hydrogen-bond acceptors (Lipinski definition) is 3. The van der Waals surface area contributed by atoms with Crippen LogP contribution < -0.4 is 0 Å². The number of fused-ring (bicyclic) bond motifs is 4. The van der Waals surface area contributed by atoms with E-state index in [4.69, 9.17) is 4.74 Å². The van der Waals surface area contributed by atoms with E-state index in [1.54, 1.807) is 6.92 Å². The number of carbonyl (C=O) groups excluding carboxylic acids is 2. The summed E-state index contributed by atoms with van der Waals surface area (Å²) in [7, 11) is 1.43. The van der Waals surface area contributed by atoms with Crippen LogP contribution in [0.3, 0.4) is 0 Å². The van der Waals surface area contributed by atoms with Crippen molar-refractivity contribution in [3.63, 3.8) is 0 Å². The first kappa shape index (κ1) is 21.2. The Hall–Kier alpha value is -3.34. The van der Waals surface area contributed by atoms with E-state index < -0.39 is 0 Å². The van der Waals surface area contributed by atoms with Gasteiger partial charge in [-0.3, -0.25) is 4.79 Å². The van der Waals surface area contributed by atoms with Gasteiger partial charge in [-0.05, 0) is 49.8 Å². The van der Waals surface area contributed by atoms with Crippen LogP contribution in [0.4, 0.5) is 0 Å². The van der Waals surface area contributed by atoms with Gasteiger partial charge in [-0.2, -0.15) is 0 Å². The molecule has 5 heteroatoms. The number of esters is 1. The smallest absolute Gasteiger partial charge is 0.337 e. The van der Waals surface area contributed by atoms with Crippen LogP contribution in [0.15, 0.2) is 42.6 Å². The SMILES string of the molecule is COC(=O)c1ccc2c(C3CCCCC3)c3n(c2c1)CCCn1cc(C(C)=O)c2cccc-3c21. The number of carbonyl (C=O) groups is 2. The minimum absolute atomic E-state index is 0.107. The van der Waals surface area contributed by atoms with Crippen molar-refractivity contribution >= 4 is 33.6 Å². The Kier molecular flexibility index (Phi) is 5.09. The molecule has 2 aromatic heterocycles. The third-order valence-electron chi connectivity index (χ3n) is 7.85. The molecule has 5 nitrogen and oxygen atoms in total. The fourth-order valence-corrected chi connectivity index (χ4v) is 6.36. The highest BCUT2D eigenvalue weighted by Gasteiger charge is 2.29.